The highest BCUT2D eigenvalue weighted by Gasteiger charge is 2.43. The number of fused-ring (bicyclic) bond motifs is 1. The Morgan fingerprint density at radius 1 is 1.02 bits per heavy atom. The number of ether oxygens (including phenoxy) is 1. The molecule has 2 aliphatic carbocycles. The molecule has 49 heavy (non-hydrogen) atoms. The van der Waals surface area contributed by atoms with Crippen LogP contribution in [0, 0.1) is 0 Å². The van der Waals surface area contributed by atoms with Crippen LogP contribution in [0.3, 0.4) is 0 Å². The molecule has 2 fully saturated rings. The number of aliphatic hydroxyl groups is 1. The van der Waals surface area contributed by atoms with E-state index in [1.165, 1.54) is 18.4 Å². The molecule has 2 heterocycles. The van der Waals surface area contributed by atoms with Gasteiger partial charge in [-0.15, -0.1) is 0 Å². The summed E-state index contributed by atoms with van der Waals surface area (Å²) in [5.74, 6) is 0.679. The molecule has 0 saturated heterocycles. The number of hydrogen-bond donors (Lipinski definition) is 3. The molecule has 3 aromatic rings. The van der Waals surface area contributed by atoms with Gasteiger partial charge in [-0.2, -0.15) is 0 Å². The van der Waals surface area contributed by atoms with E-state index in [9.17, 15) is 14.7 Å². The van der Waals surface area contributed by atoms with Crippen LogP contribution < -0.4 is 25.8 Å². The number of benzene rings is 2. The number of amides is 1. The Bertz CT molecular complexity index is 1610. The first-order valence-corrected chi connectivity index (χ1v) is 18.9. The van der Waals surface area contributed by atoms with Crippen molar-refractivity contribution in [1.29, 1.82) is 0 Å². The smallest absolute Gasteiger partial charge is 0.274 e. The van der Waals surface area contributed by atoms with Crippen LogP contribution in [0.2, 0.25) is 0 Å². The lowest BCUT2D eigenvalue weighted by molar-refractivity contribution is 0.0326. The molecule has 3 aliphatic rings. The van der Waals surface area contributed by atoms with Gasteiger partial charge in [0.15, 0.2) is 0 Å². The summed E-state index contributed by atoms with van der Waals surface area (Å²) in [6, 6.07) is 17.9. The largest absolute Gasteiger partial charge is 0.487 e. The van der Waals surface area contributed by atoms with Gasteiger partial charge in [0, 0.05) is 49.9 Å². The van der Waals surface area contributed by atoms with E-state index in [2.05, 4.69) is 54.5 Å². The van der Waals surface area contributed by atoms with Crippen LogP contribution in [0.5, 0.6) is 5.75 Å². The molecule has 1 amide bonds. The van der Waals surface area contributed by atoms with Crippen LogP contribution in [0.25, 0.3) is 0 Å². The zero-order valence-electron chi connectivity index (χ0n) is 29.8. The van der Waals surface area contributed by atoms with Gasteiger partial charge in [0.25, 0.3) is 11.5 Å². The molecular weight excluding hydrogens is 612 g/mol. The topological polar surface area (TPSA) is 95.8 Å². The second-order valence-corrected chi connectivity index (χ2v) is 14.6. The van der Waals surface area contributed by atoms with E-state index < -0.39 is 12.1 Å². The maximum Gasteiger partial charge on any atom is 0.274 e. The number of nitrogens with one attached hydrogen (secondary N) is 2. The van der Waals surface area contributed by atoms with Crippen molar-refractivity contribution in [3.8, 4) is 5.75 Å². The summed E-state index contributed by atoms with van der Waals surface area (Å²) in [6.45, 7) is 8.08. The van der Waals surface area contributed by atoms with Gasteiger partial charge in [0.05, 0.1) is 17.7 Å². The van der Waals surface area contributed by atoms with Crippen LogP contribution >= 0.6 is 0 Å². The molecule has 2 saturated carbocycles. The van der Waals surface area contributed by atoms with E-state index in [1.807, 2.05) is 34.9 Å². The van der Waals surface area contributed by atoms with Gasteiger partial charge in [-0.05, 0) is 88.0 Å². The lowest BCUT2D eigenvalue weighted by Gasteiger charge is -2.41. The number of aromatic nitrogens is 1. The van der Waals surface area contributed by atoms with Crippen molar-refractivity contribution < 1.29 is 14.6 Å². The second-order valence-electron chi connectivity index (χ2n) is 14.6. The first-order chi connectivity index (χ1) is 23.8. The summed E-state index contributed by atoms with van der Waals surface area (Å²) in [5.41, 5.74) is 4.32. The molecule has 1 aromatic heterocycles. The van der Waals surface area contributed by atoms with Gasteiger partial charge in [0.2, 0.25) is 0 Å². The summed E-state index contributed by atoms with van der Waals surface area (Å²) < 4.78 is 8.47. The maximum atomic E-state index is 14.2. The number of anilines is 1. The third-order valence-electron chi connectivity index (χ3n) is 11.1. The monoisotopic (exact) mass is 668 g/mol. The fourth-order valence-corrected chi connectivity index (χ4v) is 8.37. The number of aryl methyl sites for hydroxylation is 1. The molecule has 6 rings (SSSR count). The van der Waals surface area contributed by atoms with E-state index in [0.717, 1.165) is 81.2 Å². The Balaban J connectivity index is 1.26. The average Bonchev–Trinajstić information content (AvgIpc) is 3.82. The Labute approximate surface area is 292 Å². The SMILES string of the molecule is CCCN(CC)c1cc(C(=O)NC(Cc2ccccc2)C(O)CNC2CC3(CCCC3)Oc3ccc(CC)cc32)cn(C2CCCC2)c1=O. The van der Waals surface area contributed by atoms with Gasteiger partial charge in [-0.1, -0.05) is 69.2 Å². The minimum atomic E-state index is -0.850. The van der Waals surface area contributed by atoms with Crippen molar-refractivity contribution in [2.45, 2.75) is 128 Å². The molecule has 3 atom stereocenters. The molecule has 264 valence electrons. The fraction of sp³-hybridized carbons (Fsp3) is 0.561. The first kappa shape index (κ1) is 35.2. The summed E-state index contributed by atoms with van der Waals surface area (Å²) in [6.07, 6.45) is 12.6. The van der Waals surface area contributed by atoms with Crippen LogP contribution in [0.15, 0.2) is 65.6 Å². The van der Waals surface area contributed by atoms with Gasteiger partial charge in [-0.25, -0.2) is 0 Å². The van der Waals surface area contributed by atoms with Crippen molar-refractivity contribution in [3.63, 3.8) is 0 Å². The zero-order valence-corrected chi connectivity index (χ0v) is 29.8. The van der Waals surface area contributed by atoms with E-state index in [1.54, 1.807) is 12.3 Å². The number of aliphatic hydroxyl groups excluding tert-OH is 1. The van der Waals surface area contributed by atoms with Crippen LogP contribution in [0.1, 0.15) is 124 Å². The van der Waals surface area contributed by atoms with Crippen LogP contribution in [0.4, 0.5) is 5.69 Å². The third-order valence-corrected chi connectivity index (χ3v) is 11.1. The lowest BCUT2D eigenvalue weighted by atomic mass is 9.85. The average molecular weight is 669 g/mol. The summed E-state index contributed by atoms with van der Waals surface area (Å²) in [7, 11) is 0. The Kier molecular flexibility index (Phi) is 11.5. The summed E-state index contributed by atoms with van der Waals surface area (Å²) >= 11 is 0. The molecule has 3 unspecified atom stereocenters. The molecule has 8 heteroatoms. The molecular formula is C41H56N4O4. The Morgan fingerprint density at radius 3 is 2.47 bits per heavy atom. The van der Waals surface area contributed by atoms with Gasteiger partial charge >= 0.3 is 0 Å². The Hall–Kier alpha value is -3.62. The second kappa shape index (κ2) is 15.9. The standard InChI is InChI=1S/C41H56N4O4/c1-4-22-44(6-3)36-25-31(28-45(40(36)48)32-16-10-11-17-32)39(47)43-34(24-30-14-8-7-9-15-30)37(46)27-42-35-26-41(20-12-13-21-41)49-38-19-18-29(5-2)23-33(35)38/h7-9,14-15,18-19,23,25,28,32,34-35,37,42,46H,4-6,10-13,16-17,20-22,24,26-27H2,1-3H3,(H,43,47). The van der Waals surface area contributed by atoms with Gasteiger partial charge in [-0.3, -0.25) is 9.59 Å². The number of carbonyl (C=O) groups is 1. The van der Waals surface area contributed by atoms with Crippen LogP contribution in [-0.2, 0) is 12.8 Å². The van der Waals surface area contributed by atoms with Crippen molar-refractivity contribution in [2.75, 3.05) is 24.5 Å². The number of nitrogens with zero attached hydrogens (tertiary/aromatic N) is 2. The summed E-state index contributed by atoms with van der Waals surface area (Å²) in [5, 5.41) is 18.8. The molecule has 0 radical (unpaired) electrons. The van der Waals surface area contributed by atoms with Gasteiger partial charge in [0.1, 0.15) is 17.0 Å². The molecule has 0 bridgehead atoms. The van der Waals surface area contributed by atoms with E-state index in [-0.39, 0.29) is 29.2 Å². The normalized spacial score (nSPS) is 19.7. The van der Waals surface area contributed by atoms with Gasteiger partial charge < -0.3 is 29.9 Å². The van der Waals surface area contributed by atoms with Crippen LogP contribution in [-0.4, -0.2) is 53.0 Å². The minimum Gasteiger partial charge on any atom is -0.487 e. The number of pyridine rings is 1. The molecule has 3 N–H and O–H groups in total. The molecule has 2 aromatic carbocycles. The molecule has 1 spiro atoms. The highest BCUT2D eigenvalue weighted by atomic mass is 16.5. The highest BCUT2D eigenvalue weighted by Crippen LogP contribution is 2.47. The quantitative estimate of drug-likeness (QED) is 0.173. The number of hydrogen-bond acceptors (Lipinski definition) is 6. The summed E-state index contributed by atoms with van der Waals surface area (Å²) in [4.78, 5) is 30.0. The predicted octanol–water partition coefficient (Wildman–Crippen LogP) is 6.89. The van der Waals surface area contributed by atoms with E-state index >= 15 is 0 Å². The Morgan fingerprint density at radius 2 is 1.78 bits per heavy atom. The lowest BCUT2D eigenvalue weighted by Crippen LogP contribution is -2.50. The highest BCUT2D eigenvalue weighted by molar-refractivity contribution is 5.95. The zero-order chi connectivity index (χ0) is 34.4. The number of carbonyl (C=O) groups excluding carboxylic acids is 1. The first-order valence-electron chi connectivity index (χ1n) is 18.9. The predicted molar refractivity (Wildman–Crippen MR) is 197 cm³/mol. The van der Waals surface area contributed by atoms with Crippen molar-refractivity contribution in [3.05, 3.63) is 93.4 Å². The number of rotatable bonds is 14. The van der Waals surface area contributed by atoms with Crippen molar-refractivity contribution in [2.24, 2.45) is 0 Å². The van der Waals surface area contributed by atoms with E-state index in [4.69, 9.17) is 4.74 Å². The third kappa shape index (κ3) is 8.07. The molecule has 1 aliphatic heterocycles. The fourth-order valence-electron chi connectivity index (χ4n) is 8.37. The van der Waals surface area contributed by atoms with E-state index in [0.29, 0.717) is 30.8 Å². The van der Waals surface area contributed by atoms with Crippen molar-refractivity contribution in [1.82, 2.24) is 15.2 Å². The minimum absolute atomic E-state index is 0.0215. The van der Waals surface area contributed by atoms with Crippen molar-refractivity contribution >= 4 is 11.6 Å². The molecule has 8 nitrogen and oxygen atoms in total. The maximum absolute atomic E-state index is 14.2.